The molecule has 22 heavy (non-hydrogen) atoms. The minimum absolute atomic E-state index is 0.427. The van der Waals surface area contributed by atoms with Gasteiger partial charge in [0.25, 0.3) is 10.0 Å². The zero-order valence-electron chi connectivity index (χ0n) is 12.6. The molecular formula is C14H18N4O2S2. The van der Waals surface area contributed by atoms with Crippen LogP contribution in [0.5, 0.6) is 0 Å². The molecule has 3 heterocycles. The predicted molar refractivity (Wildman–Crippen MR) is 86.8 cm³/mol. The van der Waals surface area contributed by atoms with Crippen LogP contribution in [0.25, 0.3) is 0 Å². The lowest BCUT2D eigenvalue weighted by atomic mass is 10.3. The Hall–Kier alpha value is -1.51. The molecule has 1 saturated heterocycles. The van der Waals surface area contributed by atoms with Crippen LogP contribution in [0.15, 0.2) is 28.6 Å². The van der Waals surface area contributed by atoms with Crippen molar-refractivity contribution in [3.05, 3.63) is 35.1 Å². The molecule has 0 aliphatic carbocycles. The normalized spacial score (nSPS) is 16.9. The van der Waals surface area contributed by atoms with Gasteiger partial charge in [0.05, 0.1) is 0 Å². The second-order valence-corrected chi connectivity index (χ2v) is 8.67. The molecule has 6 nitrogen and oxygen atoms in total. The van der Waals surface area contributed by atoms with E-state index in [-0.39, 0.29) is 0 Å². The summed E-state index contributed by atoms with van der Waals surface area (Å²) in [6.07, 6.45) is 1.73. The highest BCUT2D eigenvalue weighted by molar-refractivity contribution is 7.91. The van der Waals surface area contributed by atoms with Gasteiger partial charge in [-0.25, -0.2) is 18.4 Å². The molecule has 118 valence electrons. The lowest BCUT2D eigenvalue weighted by Crippen LogP contribution is -2.48. The molecule has 0 atom stereocenters. The van der Waals surface area contributed by atoms with Gasteiger partial charge >= 0.3 is 0 Å². The maximum absolute atomic E-state index is 12.6. The molecule has 0 spiro atoms. The SMILES string of the molecule is Cc1nccc(N2CCN(S(=O)(=O)c3ccc(C)s3)CC2)n1. The summed E-state index contributed by atoms with van der Waals surface area (Å²) >= 11 is 1.32. The predicted octanol–water partition coefficient (Wildman–Crippen LogP) is 1.67. The monoisotopic (exact) mass is 338 g/mol. The summed E-state index contributed by atoms with van der Waals surface area (Å²) in [4.78, 5) is 11.6. The van der Waals surface area contributed by atoms with Gasteiger partial charge < -0.3 is 4.90 Å². The molecule has 3 rings (SSSR count). The van der Waals surface area contributed by atoms with Crippen molar-refractivity contribution in [2.75, 3.05) is 31.1 Å². The minimum Gasteiger partial charge on any atom is -0.354 e. The molecule has 0 N–H and O–H groups in total. The van der Waals surface area contributed by atoms with Crippen molar-refractivity contribution in [2.24, 2.45) is 0 Å². The Morgan fingerprint density at radius 3 is 2.41 bits per heavy atom. The molecule has 2 aromatic rings. The highest BCUT2D eigenvalue weighted by atomic mass is 32.2. The van der Waals surface area contributed by atoms with Crippen LogP contribution in [0.4, 0.5) is 5.82 Å². The van der Waals surface area contributed by atoms with Gasteiger partial charge in [-0.2, -0.15) is 4.31 Å². The van der Waals surface area contributed by atoms with Crippen LogP contribution in [0, 0.1) is 13.8 Å². The van der Waals surface area contributed by atoms with Crippen LogP contribution in [0.3, 0.4) is 0 Å². The van der Waals surface area contributed by atoms with E-state index in [9.17, 15) is 8.42 Å². The molecule has 0 saturated carbocycles. The molecule has 1 aliphatic rings. The fourth-order valence-electron chi connectivity index (χ4n) is 2.46. The zero-order valence-corrected chi connectivity index (χ0v) is 14.2. The van der Waals surface area contributed by atoms with E-state index >= 15 is 0 Å². The molecule has 2 aromatic heterocycles. The number of sulfonamides is 1. The largest absolute Gasteiger partial charge is 0.354 e. The summed E-state index contributed by atoms with van der Waals surface area (Å²) in [5.74, 6) is 1.58. The highest BCUT2D eigenvalue weighted by Crippen LogP contribution is 2.25. The Morgan fingerprint density at radius 1 is 1.09 bits per heavy atom. The number of thiophene rings is 1. The van der Waals surface area contributed by atoms with Crippen molar-refractivity contribution < 1.29 is 8.42 Å². The van der Waals surface area contributed by atoms with Gasteiger partial charge in [0, 0.05) is 37.3 Å². The third kappa shape index (κ3) is 2.99. The summed E-state index contributed by atoms with van der Waals surface area (Å²) in [6.45, 7) is 5.99. The molecule has 0 aromatic carbocycles. The van der Waals surface area contributed by atoms with Gasteiger partial charge in [-0.1, -0.05) is 0 Å². The first-order chi connectivity index (χ1) is 10.5. The number of aromatic nitrogens is 2. The maximum Gasteiger partial charge on any atom is 0.252 e. The summed E-state index contributed by atoms with van der Waals surface area (Å²) in [7, 11) is -3.36. The van der Waals surface area contributed by atoms with Crippen molar-refractivity contribution in [1.29, 1.82) is 0 Å². The van der Waals surface area contributed by atoms with E-state index in [4.69, 9.17) is 0 Å². The topological polar surface area (TPSA) is 66.4 Å². The Morgan fingerprint density at radius 2 is 1.82 bits per heavy atom. The van der Waals surface area contributed by atoms with Crippen LogP contribution in [0.2, 0.25) is 0 Å². The lowest BCUT2D eigenvalue weighted by molar-refractivity contribution is 0.384. The molecular weight excluding hydrogens is 320 g/mol. The Bertz CT molecular complexity index is 765. The summed E-state index contributed by atoms with van der Waals surface area (Å²) in [5, 5.41) is 0. The number of nitrogens with zero attached hydrogens (tertiary/aromatic N) is 4. The second-order valence-electron chi connectivity index (χ2n) is 5.22. The highest BCUT2D eigenvalue weighted by Gasteiger charge is 2.29. The molecule has 0 amide bonds. The van der Waals surface area contributed by atoms with Crippen molar-refractivity contribution in [3.63, 3.8) is 0 Å². The number of hydrogen-bond acceptors (Lipinski definition) is 6. The first-order valence-corrected chi connectivity index (χ1v) is 9.34. The number of piperazine rings is 1. The second kappa shape index (κ2) is 5.94. The fourth-order valence-corrected chi connectivity index (χ4v) is 5.32. The number of anilines is 1. The summed E-state index contributed by atoms with van der Waals surface area (Å²) < 4.78 is 27.2. The van der Waals surface area contributed by atoms with Gasteiger partial charge in [-0.05, 0) is 32.0 Å². The maximum atomic E-state index is 12.6. The van der Waals surface area contributed by atoms with Crippen molar-refractivity contribution in [1.82, 2.24) is 14.3 Å². The van der Waals surface area contributed by atoms with Crippen molar-refractivity contribution in [3.8, 4) is 0 Å². The van der Waals surface area contributed by atoms with Gasteiger partial charge in [-0.15, -0.1) is 11.3 Å². The fraction of sp³-hybridized carbons (Fsp3) is 0.429. The smallest absolute Gasteiger partial charge is 0.252 e. The Kier molecular flexibility index (Phi) is 4.16. The van der Waals surface area contributed by atoms with E-state index in [2.05, 4.69) is 14.9 Å². The van der Waals surface area contributed by atoms with Crippen molar-refractivity contribution in [2.45, 2.75) is 18.1 Å². The van der Waals surface area contributed by atoms with Crippen LogP contribution < -0.4 is 4.90 Å². The Labute approximate surface area is 134 Å². The van der Waals surface area contributed by atoms with Crippen LogP contribution in [-0.4, -0.2) is 48.9 Å². The third-order valence-corrected chi connectivity index (χ3v) is 7.00. The van der Waals surface area contributed by atoms with E-state index in [1.165, 1.54) is 11.3 Å². The summed E-state index contributed by atoms with van der Waals surface area (Å²) in [6, 6.07) is 5.40. The van der Waals surface area contributed by atoms with Crippen LogP contribution in [-0.2, 0) is 10.0 Å². The molecule has 0 bridgehead atoms. The van der Waals surface area contributed by atoms with Crippen LogP contribution in [0.1, 0.15) is 10.7 Å². The molecule has 0 unspecified atom stereocenters. The Balaban J connectivity index is 1.72. The molecule has 0 radical (unpaired) electrons. The lowest BCUT2D eigenvalue weighted by Gasteiger charge is -2.34. The minimum atomic E-state index is -3.36. The molecule has 1 fully saturated rings. The van der Waals surface area contributed by atoms with Gasteiger partial charge in [0.15, 0.2) is 0 Å². The quantitative estimate of drug-likeness (QED) is 0.852. The first kappa shape index (κ1) is 15.4. The van der Waals surface area contributed by atoms with Crippen LogP contribution >= 0.6 is 11.3 Å². The average molecular weight is 338 g/mol. The molecule has 8 heteroatoms. The summed E-state index contributed by atoms with van der Waals surface area (Å²) in [5.41, 5.74) is 0. The number of rotatable bonds is 3. The number of hydrogen-bond donors (Lipinski definition) is 0. The molecule has 1 aliphatic heterocycles. The van der Waals surface area contributed by atoms with Gasteiger partial charge in [-0.3, -0.25) is 0 Å². The van der Waals surface area contributed by atoms with E-state index < -0.39 is 10.0 Å². The van der Waals surface area contributed by atoms with E-state index in [1.807, 2.05) is 26.0 Å². The standard InChI is InChI=1S/C14H18N4O2S2/c1-11-3-4-14(21-11)22(19,20)18-9-7-17(8-10-18)13-5-6-15-12(2)16-13/h3-6H,7-10H2,1-2H3. The van der Waals surface area contributed by atoms with E-state index in [0.29, 0.717) is 30.4 Å². The average Bonchev–Trinajstić information content (AvgIpc) is 2.95. The number of aryl methyl sites for hydroxylation is 2. The van der Waals surface area contributed by atoms with E-state index in [0.717, 1.165) is 16.5 Å². The van der Waals surface area contributed by atoms with Crippen molar-refractivity contribution >= 4 is 27.2 Å². The van der Waals surface area contributed by atoms with Gasteiger partial charge in [0.1, 0.15) is 15.9 Å². The van der Waals surface area contributed by atoms with Gasteiger partial charge in [0.2, 0.25) is 0 Å². The first-order valence-electron chi connectivity index (χ1n) is 7.08. The zero-order chi connectivity index (χ0) is 15.7. The third-order valence-electron chi connectivity index (χ3n) is 3.63. The van der Waals surface area contributed by atoms with E-state index in [1.54, 1.807) is 16.6 Å².